The third-order valence-corrected chi connectivity index (χ3v) is 4.60. The van der Waals surface area contributed by atoms with Crippen LogP contribution < -0.4 is 5.32 Å². The van der Waals surface area contributed by atoms with Crippen LogP contribution in [0.5, 0.6) is 11.5 Å². The smallest absolute Gasteiger partial charge is 0.120 e. The van der Waals surface area contributed by atoms with Crippen LogP contribution in [0, 0.1) is 5.92 Å². The van der Waals surface area contributed by atoms with E-state index in [4.69, 9.17) is 0 Å². The number of nitrogens with one attached hydrogen (secondary N) is 1. The predicted octanol–water partition coefficient (Wildman–Crippen LogP) is 4.11. The molecule has 3 nitrogen and oxygen atoms in total. The van der Waals surface area contributed by atoms with Crippen molar-refractivity contribution < 1.29 is 10.2 Å². The summed E-state index contributed by atoms with van der Waals surface area (Å²) >= 11 is 0. The molecular formula is C17H27NO2. The lowest BCUT2D eigenvalue weighted by atomic mass is 9.92. The largest absolute Gasteiger partial charge is 0.508 e. The van der Waals surface area contributed by atoms with Crippen molar-refractivity contribution in [3.8, 4) is 11.5 Å². The van der Waals surface area contributed by atoms with Crippen molar-refractivity contribution in [2.24, 2.45) is 5.92 Å². The highest BCUT2D eigenvalue weighted by molar-refractivity contribution is 5.40. The minimum Gasteiger partial charge on any atom is -0.508 e. The quantitative estimate of drug-likeness (QED) is 0.573. The number of hydrogen-bond acceptors (Lipinski definition) is 3. The third-order valence-electron chi connectivity index (χ3n) is 4.60. The minimum absolute atomic E-state index is 0.0420. The molecule has 0 aromatic heterocycles. The molecule has 0 radical (unpaired) electrons. The lowest BCUT2D eigenvalue weighted by Gasteiger charge is -2.27. The molecule has 1 aromatic rings. The SMILES string of the molecule is CC(N[C@@H](C)C1CCCCCC1)c1cc(O)ccc1O. The molecule has 0 saturated heterocycles. The molecule has 1 fully saturated rings. The zero-order chi connectivity index (χ0) is 14.5. The number of benzene rings is 1. The summed E-state index contributed by atoms with van der Waals surface area (Å²) in [5.74, 6) is 1.17. The van der Waals surface area contributed by atoms with Crippen molar-refractivity contribution in [2.75, 3.05) is 0 Å². The van der Waals surface area contributed by atoms with Crippen molar-refractivity contribution in [2.45, 2.75) is 64.5 Å². The molecule has 112 valence electrons. The third kappa shape index (κ3) is 3.89. The summed E-state index contributed by atoms with van der Waals surface area (Å²) in [7, 11) is 0. The molecule has 1 aliphatic rings. The lowest BCUT2D eigenvalue weighted by molar-refractivity contribution is 0.313. The monoisotopic (exact) mass is 277 g/mol. The van der Waals surface area contributed by atoms with E-state index in [1.165, 1.54) is 44.6 Å². The van der Waals surface area contributed by atoms with Gasteiger partial charge in [-0.15, -0.1) is 0 Å². The fourth-order valence-corrected chi connectivity index (χ4v) is 3.32. The van der Waals surface area contributed by atoms with Crippen LogP contribution in [0.3, 0.4) is 0 Å². The van der Waals surface area contributed by atoms with Gasteiger partial charge in [-0.25, -0.2) is 0 Å². The highest BCUT2D eigenvalue weighted by Crippen LogP contribution is 2.30. The first kappa shape index (κ1) is 15.2. The Morgan fingerprint density at radius 2 is 1.70 bits per heavy atom. The summed E-state index contributed by atoms with van der Waals surface area (Å²) in [6, 6.07) is 5.19. The molecule has 3 N–H and O–H groups in total. The highest BCUT2D eigenvalue weighted by atomic mass is 16.3. The van der Waals surface area contributed by atoms with Crippen molar-refractivity contribution in [1.29, 1.82) is 0 Å². The molecule has 0 aliphatic heterocycles. The number of rotatable bonds is 4. The van der Waals surface area contributed by atoms with Gasteiger partial charge in [-0.2, -0.15) is 0 Å². The fraction of sp³-hybridized carbons (Fsp3) is 0.647. The molecule has 0 amide bonds. The molecule has 0 heterocycles. The summed E-state index contributed by atoms with van der Waals surface area (Å²) in [5, 5.41) is 23.1. The first-order valence-corrected chi connectivity index (χ1v) is 7.86. The van der Waals surface area contributed by atoms with Crippen LogP contribution in [-0.2, 0) is 0 Å². The van der Waals surface area contributed by atoms with Gasteiger partial charge < -0.3 is 15.5 Å². The maximum absolute atomic E-state index is 9.92. The molecule has 1 unspecified atom stereocenters. The molecule has 0 bridgehead atoms. The average molecular weight is 277 g/mol. The van der Waals surface area contributed by atoms with E-state index < -0.39 is 0 Å². The molecule has 3 heteroatoms. The number of phenolic OH excluding ortho intramolecular Hbond substituents is 2. The van der Waals surface area contributed by atoms with Crippen LogP contribution in [0.25, 0.3) is 0 Å². The molecule has 20 heavy (non-hydrogen) atoms. The summed E-state index contributed by atoms with van der Waals surface area (Å²) in [5.41, 5.74) is 0.769. The standard InChI is InChI=1S/C17H27NO2/c1-12(14-7-5-3-4-6-8-14)18-13(2)16-11-15(19)9-10-17(16)20/h9-14,18-20H,3-8H2,1-2H3/t12-,13?/m0/s1. The van der Waals surface area contributed by atoms with Crippen LogP contribution in [0.4, 0.5) is 0 Å². The summed E-state index contributed by atoms with van der Waals surface area (Å²) in [4.78, 5) is 0. The van der Waals surface area contributed by atoms with Crippen LogP contribution >= 0.6 is 0 Å². The van der Waals surface area contributed by atoms with Gasteiger partial charge in [0.05, 0.1) is 0 Å². The summed E-state index contributed by atoms with van der Waals surface area (Å²) in [6.45, 7) is 4.29. The first-order chi connectivity index (χ1) is 9.58. The van der Waals surface area contributed by atoms with Gasteiger partial charge in [-0.3, -0.25) is 0 Å². The Bertz CT molecular complexity index is 425. The Balaban J connectivity index is 1.99. The van der Waals surface area contributed by atoms with Crippen molar-refractivity contribution in [1.82, 2.24) is 5.32 Å². The van der Waals surface area contributed by atoms with E-state index in [0.717, 1.165) is 11.5 Å². The molecule has 0 spiro atoms. The van der Waals surface area contributed by atoms with E-state index in [2.05, 4.69) is 12.2 Å². The van der Waals surface area contributed by atoms with Crippen molar-refractivity contribution in [3.63, 3.8) is 0 Å². The molecule has 1 saturated carbocycles. The topological polar surface area (TPSA) is 52.5 Å². The van der Waals surface area contributed by atoms with Crippen LogP contribution in [-0.4, -0.2) is 16.3 Å². The van der Waals surface area contributed by atoms with E-state index in [-0.39, 0.29) is 17.5 Å². The highest BCUT2D eigenvalue weighted by Gasteiger charge is 2.21. The second kappa shape index (κ2) is 6.98. The number of hydrogen-bond donors (Lipinski definition) is 3. The van der Waals surface area contributed by atoms with Crippen LogP contribution in [0.2, 0.25) is 0 Å². The summed E-state index contributed by atoms with van der Waals surface area (Å²) < 4.78 is 0. The molecule has 2 atom stereocenters. The Labute approximate surface area is 122 Å². The molecular weight excluding hydrogens is 250 g/mol. The Hall–Kier alpha value is -1.22. The Morgan fingerprint density at radius 1 is 1.05 bits per heavy atom. The van der Waals surface area contributed by atoms with E-state index in [1.54, 1.807) is 12.1 Å². The normalized spacial score (nSPS) is 20.3. The predicted molar refractivity (Wildman–Crippen MR) is 82.0 cm³/mol. The van der Waals surface area contributed by atoms with E-state index >= 15 is 0 Å². The lowest BCUT2D eigenvalue weighted by Crippen LogP contribution is -2.35. The Morgan fingerprint density at radius 3 is 2.35 bits per heavy atom. The van der Waals surface area contributed by atoms with E-state index in [1.807, 2.05) is 6.92 Å². The van der Waals surface area contributed by atoms with E-state index in [0.29, 0.717) is 6.04 Å². The Kier molecular flexibility index (Phi) is 5.30. The zero-order valence-electron chi connectivity index (χ0n) is 12.6. The fourth-order valence-electron chi connectivity index (χ4n) is 3.32. The second-order valence-corrected chi connectivity index (χ2v) is 6.17. The van der Waals surface area contributed by atoms with Gasteiger partial charge in [0.25, 0.3) is 0 Å². The molecule has 2 rings (SSSR count). The average Bonchev–Trinajstić information content (AvgIpc) is 2.70. The van der Waals surface area contributed by atoms with Crippen molar-refractivity contribution in [3.05, 3.63) is 23.8 Å². The molecule has 1 aromatic carbocycles. The van der Waals surface area contributed by atoms with Gasteiger partial charge in [-0.1, -0.05) is 25.7 Å². The molecule has 1 aliphatic carbocycles. The van der Waals surface area contributed by atoms with E-state index in [9.17, 15) is 10.2 Å². The van der Waals surface area contributed by atoms with Crippen molar-refractivity contribution >= 4 is 0 Å². The minimum atomic E-state index is 0.0420. The number of aromatic hydroxyl groups is 2. The van der Waals surface area contributed by atoms with Gasteiger partial charge in [0.2, 0.25) is 0 Å². The maximum Gasteiger partial charge on any atom is 0.120 e. The van der Waals surface area contributed by atoms with Gasteiger partial charge in [0, 0.05) is 17.6 Å². The van der Waals surface area contributed by atoms with Gasteiger partial charge >= 0.3 is 0 Å². The van der Waals surface area contributed by atoms with Gasteiger partial charge in [0.15, 0.2) is 0 Å². The van der Waals surface area contributed by atoms with Gasteiger partial charge in [0.1, 0.15) is 11.5 Å². The zero-order valence-corrected chi connectivity index (χ0v) is 12.6. The number of phenols is 2. The first-order valence-electron chi connectivity index (χ1n) is 7.86. The maximum atomic E-state index is 9.92. The van der Waals surface area contributed by atoms with Gasteiger partial charge in [-0.05, 0) is 50.8 Å². The van der Waals surface area contributed by atoms with Crippen LogP contribution in [0.15, 0.2) is 18.2 Å². The second-order valence-electron chi connectivity index (χ2n) is 6.17. The summed E-state index contributed by atoms with van der Waals surface area (Å²) in [6.07, 6.45) is 8.00. The van der Waals surface area contributed by atoms with Crippen LogP contribution in [0.1, 0.15) is 64.0 Å².